The average molecular weight is 368 g/mol. The zero-order chi connectivity index (χ0) is 19.3. The number of aryl methyl sites for hydroxylation is 1. The molecule has 0 bridgehead atoms. The fraction of sp³-hybridized carbons (Fsp3) is 0.167. The molecule has 3 aromatic rings. The van der Waals surface area contributed by atoms with Gasteiger partial charge in [0, 0.05) is 35.3 Å². The Kier molecular flexibility index (Phi) is 3.63. The normalized spacial score (nSPS) is 20.2. The number of carbonyl (C=O) groups excluding carboxylic acids is 2. The Labute approximate surface area is 164 Å². The molecule has 0 aliphatic carbocycles. The van der Waals surface area contributed by atoms with Gasteiger partial charge in [-0.25, -0.2) is 0 Å². The summed E-state index contributed by atoms with van der Waals surface area (Å²) >= 11 is 0. The Morgan fingerprint density at radius 3 is 2.43 bits per heavy atom. The number of nitrogens with zero attached hydrogens (tertiary/aromatic N) is 2. The molecule has 1 atom stereocenters. The maximum atomic E-state index is 13.6. The molecule has 2 aliphatic heterocycles. The van der Waals surface area contributed by atoms with Crippen molar-refractivity contribution in [3.8, 4) is 0 Å². The molecule has 138 valence electrons. The van der Waals surface area contributed by atoms with Gasteiger partial charge in [-0.15, -0.1) is 0 Å². The third kappa shape index (κ3) is 2.12. The summed E-state index contributed by atoms with van der Waals surface area (Å²) in [4.78, 5) is 30.5. The summed E-state index contributed by atoms with van der Waals surface area (Å²) in [5, 5.41) is 0. The number of benzene rings is 3. The van der Waals surface area contributed by atoms with Crippen LogP contribution < -0.4 is 0 Å². The summed E-state index contributed by atoms with van der Waals surface area (Å²) in [5.41, 5.74) is 3.28. The molecule has 0 saturated carbocycles. The summed E-state index contributed by atoms with van der Waals surface area (Å²) < 4.78 is 0. The molecule has 0 spiro atoms. The van der Waals surface area contributed by atoms with Gasteiger partial charge in [0.15, 0.2) is 5.66 Å². The van der Waals surface area contributed by atoms with Crippen molar-refractivity contribution in [2.24, 2.45) is 0 Å². The fourth-order valence-electron chi connectivity index (χ4n) is 4.65. The molecule has 2 aliphatic rings. The van der Waals surface area contributed by atoms with Gasteiger partial charge in [-0.3, -0.25) is 9.59 Å². The highest BCUT2D eigenvalue weighted by Gasteiger charge is 2.59. The quantitative estimate of drug-likeness (QED) is 0.690. The Balaban J connectivity index is 1.75. The van der Waals surface area contributed by atoms with Crippen molar-refractivity contribution in [2.75, 3.05) is 13.1 Å². The van der Waals surface area contributed by atoms with Crippen LogP contribution in [0.5, 0.6) is 0 Å². The second-order valence-corrected chi connectivity index (χ2v) is 7.37. The molecule has 0 aromatic heterocycles. The van der Waals surface area contributed by atoms with Gasteiger partial charge in [-0.1, -0.05) is 66.2 Å². The Morgan fingerprint density at radius 2 is 1.64 bits per heavy atom. The van der Waals surface area contributed by atoms with E-state index in [-0.39, 0.29) is 11.8 Å². The molecule has 0 N–H and O–H groups in total. The smallest absolute Gasteiger partial charge is 0.256 e. The predicted octanol–water partition coefficient (Wildman–Crippen LogP) is 3.81. The minimum Gasteiger partial charge on any atom is -0.306 e. The predicted molar refractivity (Wildman–Crippen MR) is 107 cm³/mol. The van der Waals surface area contributed by atoms with Gasteiger partial charge in [0.25, 0.3) is 11.8 Å². The van der Waals surface area contributed by atoms with E-state index in [0.29, 0.717) is 24.2 Å². The third-order valence-electron chi connectivity index (χ3n) is 5.79. The van der Waals surface area contributed by atoms with Gasteiger partial charge in [-0.2, -0.15) is 0 Å². The minimum atomic E-state index is -0.893. The van der Waals surface area contributed by atoms with Gasteiger partial charge >= 0.3 is 0 Å². The molecule has 2 amide bonds. The second kappa shape index (κ2) is 6.06. The van der Waals surface area contributed by atoms with Crippen LogP contribution in [-0.4, -0.2) is 34.7 Å². The van der Waals surface area contributed by atoms with Gasteiger partial charge in [0.1, 0.15) is 0 Å². The third-order valence-corrected chi connectivity index (χ3v) is 5.79. The van der Waals surface area contributed by atoms with E-state index >= 15 is 0 Å². The first-order chi connectivity index (χ1) is 13.6. The molecule has 3 aromatic carbocycles. The first-order valence-electron chi connectivity index (χ1n) is 9.49. The monoisotopic (exact) mass is 368 g/mol. The molecule has 0 radical (unpaired) electrons. The lowest BCUT2D eigenvalue weighted by Gasteiger charge is -2.40. The van der Waals surface area contributed by atoms with Gasteiger partial charge < -0.3 is 9.80 Å². The van der Waals surface area contributed by atoms with Crippen LogP contribution in [0.15, 0.2) is 78.9 Å². The molecule has 2 heterocycles. The van der Waals surface area contributed by atoms with Gasteiger partial charge in [0.2, 0.25) is 0 Å². The van der Waals surface area contributed by atoms with Crippen LogP contribution in [0, 0.1) is 6.92 Å². The number of hydrogen-bond acceptors (Lipinski definition) is 2. The average Bonchev–Trinajstić information content (AvgIpc) is 3.24. The molecule has 1 saturated heterocycles. The molecule has 4 nitrogen and oxygen atoms in total. The van der Waals surface area contributed by atoms with Crippen LogP contribution >= 0.6 is 0 Å². The maximum absolute atomic E-state index is 13.6. The van der Waals surface area contributed by atoms with Crippen LogP contribution in [0.2, 0.25) is 0 Å². The maximum Gasteiger partial charge on any atom is 0.256 e. The standard InChI is InChI=1S/C24H20N2O2/c1-17-8-7-9-18(16-17)22(27)25-14-15-26-23(28)20-12-5-6-13-21(20)24(25,26)19-10-3-2-4-11-19/h2-13,16H,14-15H2,1H3. The summed E-state index contributed by atoms with van der Waals surface area (Å²) in [6.07, 6.45) is 0. The second-order valence-electron chi connectivity index (χ2n) is 7.37. The molecule has 1 unspecified atom stereocenters. The number of amides is 2. The summed E-state index contributed by atoms with van der Waals surface area (Å²) in [6.45, 7) is 3.00. The van der Waals surface area contributed by atoms with E-state index < -0.39 is 5.66 Å². The van der Waals surface area contributed by atoms with Crippen molar-refractivity contribution in [2.45, 2.75) is 12.6 Å². The first kappa shape index (κ1) is 16.8. The van der Waals surface area contributed by atoms with Crippen LogP contribution in [0.25, 0.3) is 0 Å². The summed E-state index contributed by atoms with van der Waals surface area (Å²) in [6, 6.07) is 25.2. The van der Waals surface area contributed by atoms with Crippen LogP contribution in [0.1, 0.15) is 37.4 Å². The Bertz CT molecular complexity index is 1090. The van der Waals surface area contributed by atoms with Crippen LogP contribution in [-0.2, 0) is 5.66 Å². The van der Waals surface area contributed by atoms with E-state index in [2.05, 4.69) is 0 Å². The lowest BCUT2D eigenvalue weighted by Crippen LogP contribution is -2.51. The van der Waals surface area contributed by atoms with Gasteiger partial charge in [0.05, 0.1) is 0 Å². The number of rotatable bonds is 2. The molecular weight excluding hydrogens is 348 g/mol. The van der Waals surface area contributed by atoms with E-state index in [1.165, 1.54) is 0 Å². The highest BCUT2D eigenvalue weighted by Crippen LogP contribution is 2.49. The van der Waals surface area contributed by atoms with E-state index in [4.69, 9.17) is 0 Å². The van der Waals surface area contributed by atoms with Crippen molar-refractivity contribution in [1.29, 1.82) is 0 Å². The molecule has 5 rings (SSSR count). The van der Waals surface area contributed by atoms with Crippen molar-refractivity contribution in [3.63, 3.8) is 0 Å². The van der Waals surface area contributed by atoms with E-state index in [0.717, 1.165) is 16.7 Å². The molecule has 4 heteroatoms. The molecular formula is C24H20N2O2. The van der Waals surface area contributed by atoms with Crippen molar-refractivity contribution in [1.82, 2.24) is 9.80 Å². The lowest BCUT2D eigenvalue weighted by atomic mass is 9.89. The summed E-state index contributed by atoms with van der Waals surface area (Å²) in [5.74, 6) is -0.0708. The van der Waals surface area contributed by atoms with Crippen molar-refractivity contribution >= 4 is 11.8 Å². The van der Waals surface area contributed by atoms with E-state index in [9.17, 15) is 9.59 Å². The van der Waals surface area contributed by atoms with E-state index in [1.54, 1.807) is 0 Å². The SMILES string of the molecule is Cc1cccc(C(=O)N2CCN3C(=O)c4ccccc4C23c2ccccc2)c1. The lowest BCUT2D eigenvalue weighted by molar-refractivity contribution is 0.0375. The topological polar surface area (TPSA) is 40.6 Å². The van der Waals surface area contributed by atoms with Crippen molar-refractivity contribution in [3.05, 3.63) is 107 Å². The highest BCUT2D eigenvalue weighted by atomic mass is 16.2. The van der Waals surface area contributed by atoms with E-state index in [1.807, 2.05) is 95.6 Å². The van der Waals surface area contributed by atoms with Crippen molar-refractivity contribution < 1.29 is 9.59 Å². The number of fused-ring (bicyclic) bond motifs is 3. The summed E-state index contributed by atoms with van der Waals surface area (Å²) in [7, 11) is 0. The Morgan fingerprint density at radius 1 is 0.893 bits per heavy atom. The molecule has 28 heavy (non-hydrogen) atoms. The zero-order valence-electron chi connectivity index (χ0n) is 15.6. The molecule has 1 fully saturated rings. The van der Waals surface area contributed by atoms with Crippen LogP contribution in [0.3, 0.4) is 0 Å². The van der Waals surface area contributed by atoms with Gasteiger partial charge in [-0.05, 0) is 25.1 Å². The first-order valence-corrected chi connectivity index (χ1v) is 9.49. The minimum absolute atomic E-state index is 0.0148. The largest absolute Gasteiger partial charge is 0.306 e. The number of carbonyl (C=O) groups is 2. The van der Waals surface area contributed by atoms with Crippen LogP contribution in [0.4, 0.5) is 0 Å². The Hall–Kier alpha value is -3.40. The number of hydrogen-bond donors (Lipinski definition) is 0. The zero-order valence-corrected chi connectivity index (χ0v) is 15.6. The highest BCUT2D eigenvalue weighted by molar-refractivity contribution is 6.03. The fourth-order valence-corrected chi connectivity index (χ4v) is 4.65.